The van der Waals surface area contributed by atoms with Crippen molar-refractivity contribution in [3.05, 3.63) is 61.3 Å². The van der Waals surface area contributed by atoms with Crippen LogP contribution in [0.2, 0.25) is 0 Å². The topological polar surface area (TPSA) is 145 Å². The van der Waals surface area contributed by atoms with Gasteiger partial charge in [0.1, 0.15) is 18.2 Å². The molecule has 0 atom stereocenters. The minimum absolute atomic E-state index is 0.00267. The number of para-hydroxylation sites is 1. The number of carbonyl (C=O) groups excluding carboxylic acids is 1. The average molecular weight is 457 g/mol. The quantitative estimate of drug-likeness (QED) is 0.501. The Morgan fingerprint density at radius 1 is 1.21 bits per heavy atom. The largest absolute Gasteiger partial charge is 0.383 e. The van der Waals surface area contributed by atoms with Crippen LogP contribution in [0.3, 0.4) is 0 Å². The molecular weight excluding hydrogens is 428 g/mol. The Morgan fingerprint density at radius 2 is 1.91 bits per heavy atom. The number of nitrogens with one attached hydrogen (secondary N) is 1. The molecule has 0 fully saturated rings. The van der Waals surface area contributed by atoms with Gasteiger partial charge in [-0.15, -0.1) is 0 Å². The van der Waals surface area contributed by atoms with Gasteiger partial charge in [0, 0.05) is 20.2 Å². The third kappa shape index (κ3) is 4.87. The number of fused-ring (bicyclic) bond motifs is 1. The summed E-state index contributed by atoms with van der Waals surface area (Å²) in [5, 5.41) is 0.377. The molecule has 11 heteroatoms. The Labute approximate surface area is 189 Å². The molecule has 0 aliphatic heterocycles. The molecule has 0 aliphatic rings. The van der Waals surface area contributed by atoms with E-state index >= 15 is 0 Å². The fourth-order valence-corrected chi connectivity index (χ4v) is 3.61. The van der Waals surface area contributed by atoms with E-state index in [0.717, 1.165) is 4.90 Å². The molecule has 0 aliphatic carbocycles. The van der Waals surface area contributed by atoms with Gasteiger partial charge in [-0.3, -0.25) is 28.5 Å². The first-order valence-electron chi connectivity index (χ1n) is 10.5. The Kier molecular flexibility index (Phi) is 7.12. The highest BCUT2D eigenvalue weighted by molar-refractivity contribution is 5.95. The molecule has 2 aromatic heterocycles. The number of carbonyl (C=O) groups is 1. The number of nitrogens with zero attached hydrogens (tertiary/aromatic N) is 4. The normalized spacial score (nSPS) is 11.3. The predicted molar refractivity (Wildman–Crippen MR) is 126 cm³/mol. The van der Waals surface area contributed by atoms with E-state index < -0.39 is 17.2 Å². The number of hydrogen-bond donors (Lipinski definition) is 2. The summed E-state index contributed by atoms with van der Waals surface area (Å²) < 4.78 is 7.58. The Hall–Kier alpha value is -3.73. The summed E-state index contributed by atoms with van der Waals surface area (Å²) in [4.78, 5) is 59.2. The molecule has 0 radical (unpaired) electrons. The first-order valence-corrected chi connectivity index (χ1v) is 10.5. The molecule has 0 saturated carbocycles. The Morgan fingerprint density at radius 3 is 2.58 bits per heavy atom. The number of aryl methyl sites for hydroxylation is 1. The lowest BCUT2D eigenvalue weighted by atomic mass is 10.2. The SMILES string of the molecule is COCCN(C(=O)Cn1c(C)nc2ccccc2c1=O)c1c(N)n(CC(C)C)c(=O)[nH]c1=O. The standard InChI is InChI=1S/C22H28N6O5/c1-13(2)11-28-19(23)18(20(30)25-22(28)32)26(9-10-33-4)17(29)12-27-14(3)24-16-8-6-5-7-15(16)21(27)31/h5-8,13H,9-12,23H2,1-4H3,(H,25,30,32). The number of nitrogen functional groups attached to an aromatic ring is 1. The molecule has 3 rings (SSSR count). The van der Waals surface area contributed by atoms with Crippen LogP contribution in [-0.2, 0) is 22.6 Å². The average Bonchev–Trinajstić information content (AvgIpc) is 2.76. The van der Waals surface area contributed by atoms with E-state index in [1.54, 1.807) is 31.2 Å². The second-order valence-corrected chi connectivity index (χ2v) is 8.10. The van der Waals surface area contributed by atoms with Gasteiger partial charge in [-0.05, 0) is 25.0 Å². The molecular formula is C22H28N6O5. The van der Waals surface area contributed by atoms with Gasteiger partial charge in [0.2, 0.25) is 5.91 Å². The maximum absolute atomic E-state index is 13.4. The van der Waals surface area contributed by atoms with E-state index in [4.69, 9.17) is 10.5 Å². The van der Waals surface area contributed by atoms with E-state index in [-0.39, 0.29) is 49.2 Å². The summed E-state index contributed by atoms with van der Waals surface area (Å²) in [5.74, 6) is -0.272. The molecule has 3 aromatic rings. The van der Waals surface area contributed by atoms with E-state index in [1.807, 2.05) is 13.8 Å². The van der Waals surface area contributed by atoms with Gasteiger partial charge in [-0.25, -0.2) is 9.78 Å². The second-order valence-electron chi connectivity index (χ2n) is 8.10. The van der Waals surface area contributed by atoms with Crippen LogP contribution in [-0.4, -0.2) is 45.3 Å². The predicted octanol–water partition coefficient (Wildman–Crippen LogP) is 0.473. The number of hydrogen-bond acceptors (Lipinski definition) is 7. The van der Waals surface area contributed by atoms with Crippen molar-refractivity contribution in [2.24, 2.45) is 5.92 Å². The van der Waals surface area contributed by atoms with Crippen molar-refractivity contribution in [2.75, 3.05) is 30.9 Å². The van der Waals surface area contributed by atoms with E-state index in [0.29, 0.717) is 16.7 Å². The number of H-pyrrole nitrogens is 1. The maximum atomic E-state index is 13.4. The van der Waals surface area contributed by atoms with Crippen molar-refractivity contribution in [3.8, 4) is 0 Å². The molecule has 0 unspecified atom stereocenters. The van der Waals surface area contributed by atoms with Crippen LogP contribution >= 0.6 is 0 Å². The monoisotopic (exact) mass is 456 g/mol. The zero-order valence-corrected chi connectivity index (χ0v) is 19.1. The van der Waals surface area contributed by atoms with Crippen molar-refractivity contribution in [3.63, 3.8) is 0 Å². The zero-order valence-electron chi connectivity index (χ0n) is 19.1. The second kappa shape index (κ2) is 9.82. The number of nitrogens with two attached hydrogens (primary N) is 1. The fraction of sp³-hybridized carbons (Fsp3) is 0.409. The first-order chi connectivity index (χ1) is 15.6. The summed E-state index contributed by atoms with van der Waals surface area (Å²) in [6.07, 6.45) is 0. The number of aromatic amines is 1. The Balaban J connectivity index is 2.09. The minimum atomic E-state index is -0.789. The summed E-state index contributed by atoms with van der Waals surface area (Å²) in [7, 11) is 1.46. The van der Waals surface area contributed by atoms with Gasteiger partial charge < -0.3 is 15.4 Å². The summed E-state index contributed by atoms with van der Waals surface area (Å²) >= 11 is 0. The molecule has 3 N–H and O–H groups in total. The van der Waals surface area contributed by atoms with Gasteiger partial charge >= 0.3 is 5.69 Å². The summed E-state index contributed by atoms with van der Waals surface area (Å²) in [6, 6.07) is 6.85. The van der Waals surface area contributed by atoms with E-state index in [1.165, 1.54) is 16.2 Å². The molecule has 0 spiro atoms. The van der Waals surface area contributed by atoms with Crippen molar-refractivity contribution < 1.29 is 9.53 Å². The maximum Gasteiger partial charge on any atom is 0.330 e. The molecule has 2 heterocycles. The fourth-order valence-electron chi connectivity index (χ4n) is 3.61. The number of amides is 1. The summed E-state index contributed by atoms with van der Waals surface area (Å²) in [6.45, 7) is 5.42. The highest BCUT2D eigenvalue weighted by Gasteiger charge is 2.25. The number of ether oxygens (including phenoxy) is 1. The lowest BCUT2D eigenvalue weighted by molar-refractivity contribution is -0.119. The number of anilines is 2. The summed E-state index contributed by atoms with van der Waals surface area (Å²) in [5.41, 5.74) is 4.76. The molecule has 11 nitrogen and oxygen atoms in total. The molecule has 176 valence electrons. The highest BCUT2D eigenvalue weighted by atomic mass is 16.5. The van der Waals surface area contributed by atoms with E-state index in [9.17, 15) is 19.2 Å². The number of methoxy groups -OCH3 is 1. The third-order valence-corrected chi connectivity index (χ3v) is 5.20. The third-order valence-electron chi connectivity index (χ3n) is 5.20. The van der Waals surface area contributed by atoms with Gasteiger partial charge in [-0.1, -0.05) is 26.0 Å². The number of benzene rings is 1. The van der Waals surface area contributed by atoms with Crippen molar-refractivity contribution in [1.29, 1.82) is 0 Å². The van der Waals surface area contributed by atoms with Crippen LogP contribution < -0.4 is 27.4 Å². The minimum Gasteiger partial charge on any atom is -0.383 e. The van der Waals surface area contributed by atoms with Gasteiger partial charge in [0.25, 0.3) is 11.1 Å². The van der Waals surface area contributed by atoms with Gasteiger partial charge in [0.05, 0.1) is 17.5 Å². The molecule has 0 saturated heterocycles. The Bertz CT molecular complexity index is 1350. The van der Waals surface area contributed by atoms with Crippen LogP contribution in [0.5, 0.6) is 0 Å². The van der Waals surface area contributed by atoms with Gasteiger partial charge in [-0.2, -0.15) is 0 Å². The molecule has 1 amide bonds. The van der Waals surface area contributed by atoms with Crippen molar-refractivity contribution >= 4 is 28.3 Å². The van der Waals surface area contributed by atoms with Crippen LogP contribution in [0.4, 0.5) is 11.5 Å². The van der Waals surface area contributed by atoms with Crippen molar-refractivity contribution in [2.45, 2.75) is 33.9 Å². The smallest absolute Gasteiger partial charge is 0.330 e. The van der Waals surface area contributed by atoms with Crippen LogP contribution in [0, 0.1) is 12.8 Å². The molecule has 33 heavy (non-hydrogen) atoms. The molecule has 0 bridgehead atoms. The van der Waals surface area contributed by atoms with Crippen LogP contribution in [0.1, 0.15) is 19.7 Å². The lowest BCUT2D eigenvalue weighted by Gasteiger charge is -2.25. The lowest BCUT2D eigenvalue weighted by Crippen LogP contribution is -2.45. The number of rotatable bonds is 8. The zero-order chi connectivity index (χ0) is 24.3. The number of aromatic nitrogens is 4. The van der Waals surface area contributed by atoms with E-state index in [2.05, 4.69) is 9.97 Å². The molecule has 1 aromatic carbocycles. The highest BCUT2D eigenvalue weighted by Crippen LogP contribution is 2.18. The van der Waals surface area contributed by atoms with Gasteiger partial charge in [0.15, 0.2) is 5.69 Å². The van der Waals surface area contributed by atoms with Crippen molar-refractivity contribution in [1.82, 2.24) is 19.1 Å². The first kappa shape index (κ1) is 23.9. The van der Waals surface area contributed by atoms with Crippen LogP contribution in [0.15, 0.2) is 38.6 Å². The van der Waals surface area contributed by atoms with Crippen LogP contribution in [0.25, 0.3) is 10.9 Å².